The van der Waals surface area contributed by atoms with E-state index in [9.17, 15) is 0 Å². The second-order valence-electron chi connectivity index (χ2n) is 8.21. The molecule has 0 amide bonds. The molecule has 0 radical (unpaired) electrons. The van der Waals surface area contributed by atoms with Crippen LogP contribution in [0.5, 0.6) is 0 Å². The molecule has 1 aromatic carbocycles. The molecule has 2 fully saturated rings. The number of rotatable bonds is 9. The van der Waals surface area contributed by atoms with Gasteiger partial charge in [-0.25, -0.2) is 0 Å². The fraction of sp³-hybridized carbons (Fsp3) is 0.696. The van der Waals surface area contributed by atoms with E-state index in [4.69, 9.17) is 30.8 Å². The smallest absolute Gasteiger partial charge is 0.193 e. The molecule has 168 valence electrons. The van der Waals surface area contributed by atoms with Crippen LogP contribution in [-0.4, -0.2) is 77.2 Å². The van der Waals surface area contributed by atoms with Crippen LogP contribution >= 0.6 is 11.6 Å². The summed E-state index contributed by atoms with van der Waals surface area (Å²) in [5, 5.41) is 4.32. The quantitative estimate of drug-likeness (QED) is 0.365. The van der Waals surface area contributed by atoms with E-state index in [1.807, 2.05) is 12.1 Å². The second kappa shape index (κ2) is 11.9. The third kappa shape index (κ3) is 6.10. The molecule has 1 N–H and O–H groups in total. The van der Waals surface area contributed by atoms with E-state index >= 15 is 0 Å². The van der Waals surface area contributed by atoms with Gasteiger partial charge in [0.15, 0.2) is 5.96 Å². The molecular formula is C23H36ClN3O3. The highest BCUT2D eigenvalue weighted by molar-refractivity contribution is 6.31. The Hall–Kier alpha value is -1.34. The normalized spacial score (nSPS) is 21.8. The summed E-state index contributed by atoms with van der Waals surface area (Å²) in [6.45, 7) is 9.25. The van der Waals surface area contributed by atoms with Gasteiger partial charge in [-0.05, 0) is 37.8 Å². The van der Waals surface area contributed by atoms with Gasteiger partial charge in [0.25, 0.3) is 0 Å². The molecule has 2 heterocycles. The van der Waals surface area contributed by atoms with E-state index in [2.05, 4.69) is 29.3 Å². The molecule has 6 nitrogen and oxygen atoms in total. The largest absolute Gasteiger partial charge is 0.382 e. The van der Waals surface area contributed by atoms with Crippen LogP contribution in [0.15, 0.2) is 29.3 Å². The Morgan fingerprint density at radius 1 is 1.30 bits per heavy atom. The third-order valence-corrected chi connectivity index (χ3v) is 6.46. The van der Waals surface area contributed by atoms with Gasteiger partial charge in [0, 0.05) is 56.3 Å². The minimum atomic E-state index is -0.0698. The van der Waals surface area contributed by atoms with Gasteiger partial charge in [0.2, 0.25) is 0 Å². The predicted molar refractivity (Wildman–Crippen MR) is 122 cm³/mol. The number of methoxy groups -OCH3 is 1. The van der Waals surface area contributed by atoms with E-state index in [1.54, 1.807) is 7.11 Å². The van der Waals surface area contributed by atoms with Gasteiger partial charge >= 0.3 is 0 Å². The van der Waals surface area contributed by atoms with Crippen molar-refractivity contribution in [2.45, 2.75) is 31.6 Å². The van der Waals surface area contributed by atoms with E-state index in [0.717, 1.165) is 69.7 Å². The zero-order valence-electron chi connectivity index (χ0n) is 18.4. The van der Waals surface area contributed by atoms with Crippen LogP contribution in [0.4, 0.5) is 0 Å². The maximum atomic E-state index is 6.60. The topological polar surface area (TPSA) is 55.3 Å². The Balaban J connectivity index is 1.69. The summed E-state index contributed by atoms with van der Waals surface area (Å²) in [5.74, 6) is 1.53. The first-order valence-corrected chi connectivity index (χ1v) is 11.5. The lowest BCUT2D eigenvalue weighted by molar-refractivity contribution is 0.0527. The number of nitrogens with one attached hydrogen (secondary N) is 1. The SMILES string of the molecule is CCNC(=NCC1(c2ccccc2Cl)CCOCC1)N1CCC(COCCOC)C1. The molecule has 1 atom stereocenters. The lowest BCUT2D eigenvalue weighted by Crippen LogP contribution is -2.43. The minimum absolute atomic E-state index is 0.0698. The van der Waals surface area contributed by atoms with Crippen LogP contribution in [0.25, 0.3) is 0 Å². The van der Waals surface area contributed by atoms with Crippen molar-refractivity contribution in [3.63, 3.8) is 0 Å². The first kappa shape index (κ1) is 23.3. The monoisotopic (exact) mass is 437 g/mol. The summed E-state index contributed by atoms with van der Waals surface area (Å²) in [6.07, 6.45) is 3.01. The van der Waals surface area contributed by atoms with Gasteiger partial charge in [0.1, 0.15) is 0 Å². The van der Waals surface area contributed by atoms with Crippen molar-refractivity contribution in [2.75, 3.05) is 66.3 Å². The maximum Gasteiger partial charge on any atom is 0.193 e. The van der Waals surface area contributed by atoms with Crippen LogP contribution in [0.1, 0.15) is 31.7 Å². The van der Waals surface area contributed by atoms with E-state index in [1.165, 1.54) is 5.56 Å². The molecule has 2 aliphatic rings. The predicted octanol–water partition coefficient (Wildman–Crippen LogP) is 3.34. The Morgan fingerprint density at radius 2 is 2.10 bits per heavy atom. The minimum Gasteiger partial charge on any atom is -0.382 e. The standard InChI is InChI=1S/C23H36ClN3O3/c1-3-25-22(27-11-8-19(16-27)17-30-15-14-28-2)26-18-23(9-12-29-13-10-23)20-6-4-5-7-21(20)24/h4-7,19H,3,8-18H2,1-2H3,(H,25,26). The van der Waals surface area contributed by atoms with Crippen molar-refractivity contribution in [3.05, 3.63) is 34.9 Å². The summed E-state index contributed by atoms with van der Waals surface area (Å²) in [6, 6.07) is 8.20. The van der Waals surface area contributed by atoms with Crippen molar-refractivity contribution in [2.24, 2.45) is 10.9 Å². The summed E-state index contributed by atoms with van der Waals surface area (Å²) in [4.78, 5) is 7.48. The Bertz CT molecular complexity index is 679. The zero-order chi connectivity index (χ0) is 21.2. The van der Waals surface area contributed by atoms with Crippen molar-refractivity contribution in [1.29, 1.82) is 0 Å². The summed E-state index contributed by atoms with van der Waals surface area (Å²) in [5.41, 5.74) is 1.13. The van der Waals surface area contributed by atoms with Gasteiger partial charge in [-0.15, -0.1) is 0 Å². The average molecular weight is 438 g/mol. The Labute approximate surface area is 185 Å². The highest BCUT2D eigenvalue weighted by atomic mass is 35.5. The lowest BCUT2D eigenvalue weighted by Gasteiger charge is -2.37. The number of halogens is 1. The number of aliphatic imine (C=N–C) groups is 1. The van der Waals surface area contributed by atoms with Crippen LogP contribution in [0.3, 0.4) is 0 Å². The number of guanidine groups is 1. The summed E-state index contributed by atoms with van der Waals surface area (Å²) < 4.78 is 16.5. The molecule has 0 aromatic heterocycles. The van der Waals surface area contributed by atoms with E-state index in [0.29, 0.717) is 25.7 Å². The van der Waals surface area contributed by atoms with Crippen molar-refractivity contribution in [1.82, 2.24) is 10.2 Å². The van der Waals surface area contributed by atoms with Crippen LogP contribution in [-0.2, 0) is 19.6 Å². The lowest BCUT2D eigenvalue weighted by atomic mass is 9.74. The molecule has 30 heavy (non-hydrogen) atoms. The van der Waals surface area contributed by atoms with Crippen molar-refractivity contribution in [3.8, 4) is 0 Å². The number of likely N-dealkylation sites (tertiary alicyclic amines) is 1. The first-order chi connectivity index (χ1) is 14.7. The summed E-state index contributed by atoms with van der Waals surface area (Å²) >= 11 is 6.60. The van der Waals surface area contributed by atoms with Crippen LogP contribution < -0.4 is 5.32 Å². The van der Waals surface area contributed by atoms with Gasteiger partial charge < -0.3 is 24.4 Å². The molecule has 3 rings (SSSR count). The molecule has 2 aliphatic heterocycles. The highest BCUT2D eigenvalue weighted by Crippen LogP contribution is 2.39. The fourth-order valence-electron chi connectivity index (χ4n) is 4.37. The third-order valence-electron chi connectivity index (χ3n) is 6.13. The average Bonchev–Trinajstić information content (AvgIpc) is 3.24. The molecule has 2 saturated heterocycles. The number of hydrogen-bond acceptors (Lipinski definition) is 4. The first-order valence-electron chi connectivity index (χ1n) is 11.1. The van der Waals surface area contributed by atoms with Crippen LogP contribution in [0, 0.1) is 5.92 Å². The van der Waals surface area contributed by atoms with Gasteiger partial charge in [0.05, 0.1) is 26.4 Å². The fourth-order valence-corrected chi connectivity index (χ4v) is 4.71. The van der Waals surface area contributed by atoms with Crippen LogP contribution in [0.2, 0.25) is 5.02 Å². The number of nitrogens with zero attached hydrogens (tertiary/aromatic N) is 2. The molecule has 0 saturated carbocycles. The molecule has 1 aromatic rings. The van der Waals surface area contributed by atoms with Crippen molar-refractivity contribution < 1.29 is 14.2 Å². The maximum absolute atomic E-state index is 6.60. The second-order valence-corrected chi connectivity index (χ2v) is 8.62. The summed E-state index contributed by atoms with van der Waals surface area (Å²) in [7, 11) is 1.70. The van der Waals surface area contributed by atoms with Crippen molar-refractivity contribution >= 4 is 17.6 Å². The van der Waals surface area contributed by atoms with Gasteiger partial charge in [-0.2, -0.15) is 0 Å². The molecule has 7 heteroatoms. The molecular weight excluding hydrogens is 402 g/mol. The molecule has 0 spiro atoms. The molecule has 1 unspecified atom stereocenters. The Kier molecular flexibility index (Phi) is 9.25. The highest BCUT2D eigenvalue weighted by Gasteiger charge is 2.36. The zero-order valence-corrected chi connectivity index (χ0v) is 19.1. The molecule has 0 bridgehead atoms. The van der Waals surface area contributed by atoms with E-state index < -0.39 is 0 Å². The van der Waals surface area contributed by atoms with Gasteiger partial charge in [-0.3, -0.25) is 4.99 Å². The number of hydrogen-bond donors (Lipinski definition) is 1. The number of benzene rings is 1. The van der Waals surface area contributed by atoms with E-state index in [-0.39, 0.29) is 5.41 Å². The molecule has 0 aliphatic carbocycles. The Morgan fingerprint density at radius 3 is 2.83 bits per heavy atom. The number of ether oxygens (including phenoxy) is 3. The van der Waals surface area contributed by atoms with Gasteiger partial charge in [-0.1, -0.05) is 29.8 Å².